The van der Waals surface area contributed by atoms with Crippen molar-refractivity contribution in [3.8, 4) is 0 Å². The van der Waals surface area contributed by atoms with Gasteiger partial charge in [0.2, 0.25) is 5.91 Å². The standard InChI is InChI=1S/C66H131NO5/c1-3-5-7-9-11-13-15-17-19-21-23-24-25-27-28-30-34-38-42-46-50-54-58-64(69)63(62-68)67-65(70)59-55-51-47-43-39-35-32-33-37-41-45-49-53-57-61-72-66(71)60-56-52-48-44-40-36-31-29-26-22-20-18-16-14-12-10-8-6-4-2/h63-64,68-69H,3-62H2,1-2H3,(H,67,70). The maximum atomic E-state index is 12.5. The number of nitrogens with one attached hydrogen (secondary N) is 1. The fraction of sp³-hybridized carbons (Fsp3) is 0.970. The smallest absolute Gasteiger partial charge is 0.305 e. The quantitative estimate of drug-likeness (QED) is 0.0417. The van der Waals surface area contributed by atoms with Crippen LogP contribution in [-0.2, 0) is 14.3 Å². The Kier molecular flexibility index (Phi) is 61.4. The van der Waals surface area contributed by atoms with Crippen LogP contribution in [0.25, 0.3) is 0 Å². The van der Waals surface area contributed by atoms with Crippen molar-refractivity contribution in [2.24, 2.45) is 0 Å². The lowest BCUT2D eigenvalue weighted by Crippen LogP contribution is -2.45. The van der Waals surface area contributed by atoms with Gasteiger partial charge in [-0.1, -0.05) is 348 Å². The monoisotopic (exact) mass is 1020 g/mol. The Balaban J connectivity index is 3.40. The van der Waals surface area contributed by atoms with Gasteiger partial charge in [0, 0.05) is 12.8 Å². The number of amides is 1. The average Bonchev–Trinajstić information content (AvgIpc) is 3.38. The first kappa shape index (κ1) is 70.9. The van der Waals surface area contributed by atoms with E-state index in [1.807, 2.05) is 0 Å². The zero-order valence-corrected chi connectivity index (χ0v) is 49.2. The van der Waals surface area contributed by atoms with Gasteiger partial charge in [0.25, 0.3) is 0 Å². The van der Waals surface area contributed by atoms with Gasteiger partial charge in [0.15, 0.2) is 0 Å². The lowest BCUT2D eigenvalue weighted by molar-refractivity contribution is -0.143. The first-order chi connectivity index (χ1) is 35.5. The van der Waals surface area contributed by atoms with Gasteiger partial charge in [0.05, 0.1) is 25.4 Å². The van der Waals surface area contributed by atoms with E-state index in [0.29, 0.717) is 25.9 Å². The summed E-state index contributed by atoms with van der Waals surface area (Å²) in [7, 11) is 0. The highest BCUT2D eigenvalue weighted by molar-refractivity contribution is 5.76. The molecule has 0 saturated heterocycles. The van der Waals surface area contributed by atoms with Crippen molar-refractivity contribution in [3.63, 3.8) is 0 Å². The molecular weight excluding hydrogens is 887 g/mol. The molecule has 0 aliphatic heterocycles. The Morgan fingerprint density at radius 1 is 0.333 bits per heavy atom. The molecule has 0 radical (unpaired) electrons. The van der Waals surface area contributed by atoms with E-state index >= 15 is 0 Å². The fourth-order valence-corrected chi connectivity index (χ4v) is 10.8. The second-order valence-corrected chi connectivity index (χ2v) is 23.2. The van der Waals surface area contributed by atoms with Gasteiger partial charge < -0.3 is 20.3 Å². The summed E-state index contributed by atoms with van der Waals surface area (Å²) >= 11 is 0. The normalized spacial score (nSPS) is 12.4. The van der Waals surface area contributed by atoms with Gasteiger partial charge >= 0.3 is 5.97 Å². The Bertz CT molecular complexity index is 1040. The second kappa shape index (κ2) is 62.4. The molecule has 0 heterocycles. The highest BCUT2D eigenvalue weighted by Gasteiger charge is 2.20. The summed E-state index contributed by atoms with van der Waals surface area (Å²) in [4.78, 5) is 24.6. The third kappa shape index (κ3) is 58.1. The number of aliphatic hydroxyl groups excluding tert-OH is 2. The number of hydrogen-bond acceptors (Lipinski definition) is 5. The Labute approximate surface area is 451 Å². The van der Waals surface area contributed by atoms with E-state index in [9.17, 15) is 19.8 Å². The summed E-state index contributed by atoms with van der Waals surface area (Å²) in [5.74, 6) is -0.0354. The van der Waals surface area contributed by atoms with Crippen molar-refractivity contribution in [2.45, 2.75) is 398 Å². The molecule has 0 bridgehead atoms. The third-order valence-electron chi connectivity index (χ3n) is 15.9. The minimum absolute atomic E-state index is 0.00444. The van der Waals surface area contributed by atoms with E-state index < -0.39 is 12.1 Å². The van der Waals surface area contributed by atoms with Crippen molar-refractivity contribution in [2.75, 3.05) is 13.2 Å². The number of unbranched alkanes of at least 4 members (excludes halogenated alkanes) is 52. The van der Waals surface area contributed by atoms with Gasteiger partial charge in [-0.15, -0.1) is 0 Å². The topological polar surface area (TPSA) is 95.9 Å². The van der Waals surface area contributed by atoms with Crippen LogP contribution in [0.4, 0.5) is 0 Å². The molecular formula is C66H131NO5. The molecule has 72 heavy (non-hydrogen) atoms. The number of aliphatic hydroxyl groups is 2. The van der Waals surface area contributed by atoms with E-state index in [-0.39, 0.29) is 18.5 Å². The molecule has 0 saturated carbocycles. The van der Waals surface area contributed by atoms with Crippen LogP contribution >= 0.6 is 0 Å². The third-order valence-corrected chi connectivity index (χ3v) is 15.9. The molecule has 1 amide bonds. The number of ether oxygens (including phenoxy) is 1. The molecule has 2 atom stereocenters. The Hall–Kier alpha value is -1.14. The largest absolute Gasteiger partial charge is 0.466 e. The fourth-order valence-electron chi connectivity index (χ4n) is 10.8. The number of hydrogen-bond donors (Lipinski definition) is 3. The summed E-state index contributed by atoms with van der Waals surface area (Å²) in [5, 5.41) is 23.4. The van der Waals surface area contributed by atoms with Crippen LogP contribution in [0, 0.1) is 0 Å². The molecule has 430 valence electrons. The van der Waals surface area contributed by atoms with Crippen LogP contribution in [0.5, 0.6) is 0 Å². The van der Waals surface area contributed by atoms with E-state index in [4.69, 9.17) is 4.74 Å². The van der Waals surface area contributed by atoms with Gasteiger partial charge in [-0.25, -0.2) is 0 Å². The van der Waals surface area contributed by atoms with Crippen molar-refractivity contribution >= 4 is 11.9 Å². The van der Waals surface area contributed by atoms with Gasteiger partial charge in [-0.2, -0.15) is 0 Å². The number of rotatable bonds is 63. The zero-order valence-electron chi connectivity index (χ0n) is 49.2. The lowest BCUT2D eigenvalue weighted by Gasteiger charge is -2.22. The van der Waals surface area contributed by atoms with E-state index in [0.717, 1.165) is 51.4 Å². The van der Waals surface area contributed by atoms with Crippen molar-refractivity contribution in [1.29, 1.82) is 0 Å². The second-order valence-electron chi connectivity index (χ2n) is 23.2. The molecule has 0 rings (SSSR count). The molecule has 6 heteroatoms. The molecule has 6 nitrogen and oxygen atoms in total. The molecule has 0 aliphatic rings. The van der Waals surface area contributed by atoms with E-state index in [2.05, 4.69) is 19.2 Å². The molecule has 0 aromatic heterocycles. The van der Waals surface area contributed by atoms with E-state index in [1.165, 1.54) is 302 Å². The van der Waals surface area contributed by atoms with E-state index in [1.54, 1.807) is 0 Å². The lowest BCUT2D eigenvalue weighted by atomic mass is 10.0. The molecule has 0 aromatic carbocycles. The maximum absolute atomic E-state index is 12.5. The van der Waals surface area contributed by atoms with Crippen molar-refractivity contribution in [1.82, 2.24) is 5.32 Å². The van der Waals surface area contributed by atoms with Crippen LogP contribution in [0.1, 0.15) is 386 Å². The highest BCUT2D eigenvalue weighted by Crippen LogP contribution is 2.19. The molecule has 2 unspecified atom stereocenters. The van der Waals surface area contributed by atoms with Gasteiger partial charge in [0.1, 0.15) is 0 Å². The number of carbonyl (C=O) groups is 2. The van der Waals surface area contributed by atoms with Crippen LogP contribution in [0.3, 0.4) is 0 Å². The summed E-state index contributed by atoms with van der Waals surface area (Å²) in [6.07, 6.45) is 74.1. The van der Waals surface area contributed by atoms with Crippen LogP contribution in [0.15, 0.2) is 0 Å². The predicted octanol–water partition coefficient (Wildman–Crippen LogP) is 21.0. The highest BCUT2D eigenvalue weighted by atomic mass is 16.5. The molecule has 0 aliphatic carbocycles. The SMILES string of the molecule is CCCCCCCCCCCCCCCCCCCCCCCCC(O)C(CO)NC(=O)CCCCCCCCCCCCCCCCOC(=O)CCCCCCCCCCCCCCCCCCCCC. The van der Waals surface area contributed by atoms with Crippen molar-refractivity contribution in [3.05, 3.63) is 0 Å². The number of esters is 1. The summed E-state index contributed by atoms with van der Waals surface area (Å²) in [6.45, 7) is 4.98. The summed E-state index contributed by atoms with van der Waals surface area (Å²) < 4.78 is 5.50. The predicted molar refractivity (Wildman–Crippen MR) is 315 cm³/mol. The van der Waals surface area contributed by atoms with Crippen LogP contribution in [-0.4, -0.2) is 47.4 Å². The minimum Gasteiger partial charge on any atom is -0.466 e. The first-order valence-corrected chi connectivity index (χ1v) is 33.3. The summed E-state index contributed by atoms with van der Waals surface area (Å²) in [5.41, 5.74) is 0. The van der Waals surface area contributed by atoms with Crippen LogP contribution < -0.4 is 5.32 Å². The molecule has 0 fully saturated rings. The molecule has 3 N–H and O–H groups in total. The van der Waals surface area contributed by atoms with Gasteiger partial charge in [-0.3, -0.25) is 9.59 Å². The summed E-state index contributed by atoms with van der Waals surface area (Å²) in [6, 6.07) is -0.549. The number of carbonyl (C=O) groups excluding carboxylic acids is 2. The zero-order chi connectivity index (χ0) is 52.2. The van der Waals surface area contributed by atoms with Gasteiger partial charge in [-0.05, 0) is 25.7 Å². The van der Waals surface area contributed by atoms with Crippen molar-refractivity contribution < 1.29 is 24.5 Å². The Morgan fingerprint density at radius 3 is 0.847 bits per heavy atom. The maximum Gasteiger partial charge on any atom is 0.305 e. The Morgan fingerprint density at radius 2 is 0.569 bits per heavy atom. The van der Waals surface area contributed by atoms with Crippen LogP contribution in [0.2, 0.25) is 0 Å². The average molecular weight is 1020 g/mol. The molecule has 0 aromatic rings. The minimum atomic E-state index is -0.671. The first-order valence-electron chi connectivity index (χ1n) is 33.3. The molecule has 0 spiro atoms.